The Labute approximate surface area is 88.5 Å². The lowest BCUT2D eigenvalue weighted by atomic mass is 10.0. The van der Waals surface area contributed by atoms with Gasteiger partial charge in [-0.15, -0.1) is 0 Å². The maximum Gasteiger partial charge on any atom is 0.257 e. The molecular formula is C12H15F2N. The Bertz CT molecular complexity index is 334. The van der Waals surface area contributed by atoms with Crippen LogP contribution in [0, 0.1) is 0 Å². The molecule has 1 aliphatic carbocycles. The summed E-state index contributed by atoms with van der Waals surface area (Å²) in [7, 11) is 1.57. The molecule has 82 valence electrons. The first kappa shape index (κ1) is 10.6. The normalized spacial score (nSPS) is 18.1. The Morgan fingerprint density at radius 2 is 2.07 bits per heavy atom. The van der Waals surface area contributed by atoms with Crippen molar-refractivity contribution in [2.24, 2.45) is 0 Å². The number of alkyl halides is 2. The predicted octanol–water partition coefficient (Wildman–Crippen LogP) is 3.09. The number of hydrogen-bond acceptors (Lipinski definition) is 1. The molecule has 1 fully saturated rings. The van der Waals surface area contributed by atoms with Crippen LogP contribution in [-0.2, 0) is 0 Å². The lowest BCUT2D eigenvalue weighted by Gasteiger charge is -2.16. The van der Waals surface area contributed by atoms with Gasteiger partial charge in [0.05, 0.1) is 6.04 Å². The Hall–Kier alpha value is -0.960. The second-order valence-electron chi connectivity index (χ2n) is 4.05. The van der Waals surface area contributed by atoms with Crippen LogP contribution in [0.2, 0.25) is 0 Å². The van der Waals surface area contributed by atoms with E-state index in [1.165, 1.54) is 18.4 Å². The van der Waals surface area contributed by atoms with Gasteiger partial charge >= 0.3 is 0 Å². The number of nitrogens with one attached hydrogen (secondary N) is 1. The van der Waals surface area contributed by atoms with Crippen LogP contribution in [0.5, 0.6) is 0 Å². The molecule has 1 N–H and O–H groups in total. The SMILES string of the molecule is CNC(c1cccc(C2CC2)c1)C(F)F. The molecule has 0 heterocycles. The van der Waals surface area contributed by atoms with Crippen LogP contribution in [0.4, 0.5) is 8.78 Å². The molecule has 0 amide bonds. The molecule has 1 aromatic carbocycles. The fraction of sp³-hybridized carbons (Fsp3) is 0.500. The Morgan fingerprint density at radius 1 is 1.33 bits per heavy atom. The minimum Gasteiger partial charge on any atom is -0.308 e. The van der Waals surface area contributed by atoms with E-state index in [9.17, 15) is 8.78 Å². The highest BCUT2D eigenvalue weighted by Crippen LogP contribution is 2.40. The van der Waals surface area contributed by atoms with Gasteiger partial charge in [0.1, 0.15) is 0 Å². The summed E-state index contributed by atoms with van der Waals surface area (Å²) >= 11 is 0. The van der Waals surface area contributed by atoms with Crippen LogP contribution < -0.4 is 5.32 Å². The van der Waals surface area contributed by atoms with Crippen LogP contribution in [-0.4, -0.2) is 13.5 Å². The highest BCUT2D eigenvalue weighted by molar-refractivity contribution is 5.31. The second kappa shape index (κ2) is 4.27. The molecule has 0 aromatic heterocycles. The smallest absolute Gasteiger partial charge is 0.257 e. The molecule has 0 radical (unpaired) electrons. The maximum atomic E-state index is 12.7. The average Bonchev–Trinajstić information content (AvgIpc) is 3.02. The Morgan fingerprint density at radius 3 is 2.60 bits per heavy atom. The summed E-state index contributed by atoms with van der Waals surface area (Å²) < 4.78 is 25.3. The van der Waals surface area contributed by atoms with Gasteiger partial charge in [-0.1, -0.05) is 24.3 Å². The van der Waals surface area contributed by atoms with Crippen molar-refractivity contribution in [1.29, 1.82) is 0 Å². The lowest BCUT2D eigenvalue weighted by Crippen LogP contribution is -2.23. The number of hydrogen-bond donors (Lipinski definition) is 1. The van der Waals surface area contributed by atoms with E-state index >= 15 is 0 Å². The zero-order valence-corrected chi connectivity index (χ0v) is 8.71. The van der Waals surface area contributed by atoms with Gasteiger partial charge in [-0.25, -0.2) is 8.78 Å². The van der Waals surface area contributed by atoms with Crippen molar-refractivity contribution in [2.75, 3.05) is 7.05 Å². The van der Waals surface area contributed by atoms with Crippen molar-refractivity contribution in [1.82, 2.24) is 5.32 Å². The fourth-order valence-electron chi connectivity index (χ4n) is 1.86. The van der Waals surface area contributed by atoms with Gasteiger partial charge in [-0.05, 0) is 36.9 Å². The third-order valence-electron chi connectivity index (χ3n) is 2.88. The van der Waals surface area contributed by atoms with E-state index in [0.717, 1.165) is 0 Å². The number of rotatable bonds is 4. The molecule has 0 spiro atoms. The van der Waals surface area contributed by atoms with Gasteiger partial charge in [0.2, 0.25) is 0 Å². The molecule has 1 atom stereocenters. The van der Waals surface area contributed by atoms with Crippen LogP contribution in [0.1, 0.15) is 35.9 Å². The summed E-state index contributed by atoms with van der Waals surface area (Å²) in [5, 5.41) is 2.65. The van der Waals surface area contributed by atoms with Crippen LogP contribution >= 0.6 is 0 Å². The molecule has 1 nitrogen and oxygen atoms in total. The monoisotopic (exact) mass is 211 g/mol. The Balaban J connectivity index is 2.22. The highest BCUT2D eigenvalue weighted by Gasteiger charge is 2.25. The molecule has 15 heavy (non-hydrogen) atoms. The summed E-state index contributed by atoms with van der Waals surface area (Å²) in [4.78, 5) is 0. The first-order valence-electron chi connectivity index (χ1n) is 5.27. The Kier molecular flexibility index (Phi) is 3.00. The summed E-state index contributed by atoms with van der Waals surface area (Å²) in [6.45, 7) is 0. The number of halogens is 2. The summed E-state index contributed by atoms with van der Waals surface area (Å²) in [5.41, 5.74) is 1.89. The molecule has 3 heteroatoms. The van der Waals surface area contributed by atoms with Crippen molar-refractivity contribution >= 4 is 0 Å². The molecule has 1 saturated carbocycles. The largest absolute Gasteiger partial charge is 0.308 e. The average molecular weight is 211 g/mol. The topological polar surface area (TPSA) is 12.0 Å². The maximum absolute atomic E-state index is 12.7. The standard InChI is InChI=1S/C12H15F2N/c1-15-11(12(13)14)10-4-2-3-9(7-10)8-5-6-8/h2-4,7-8,11-12,15H,5-6H2,1H3. The molecule has 0 bridgehead atoms. The van der Waals surface area contributed by atoms with Gasteiger partial charge in [0, 0.05) is 0 Å². The lowest BCUT2D eigenvalue weighted by molar-refractivity contribution is 0.102. The van der Waals surface area contributed by atoms with Crippen molar-refractivity contribution in [3.8, 4) is 0 Å². The molecule has 1 unspecified atom stereocenters. The van der Waals surface area contributed by atoms with E-state index < -0.39 is 12.5 Å². The van der Waals surface area contributed by atoms with E-state index in [1.807, 2.05) is 18.2 Å². The quantitative estimate of drug-likeness (QED) is 0.807. The number of benzene rings is 1. The van der Waals surface area contributed by atoms with E-state index in [0.29, 0.717) is 11.5 Å². The zero-order valence-electron chi connectivity index (χ0n) is 8.71. The van der Waals surface area contributed by atoms with Crippen LogP contribution in [0.25, 0.3) is 0 Å². The third kappa shape index (κ3) is 2.34. The summed E-state index contributed by atoms with van der Waals surface area (Å²) in [6, 6.07) is 6.72. The first-order valence-corrected chi connectivity index (χ1v) is 5.27. The predicted molar refractivity (Wildman–Crippen MR) is 56.2 cm³/mol. The van der Waals surface area contributed by atoms with Crippen molar-refractivity contribution in [3.63, 3.8) is 0 Å². The summed E-state index contributed by atoms with van der Waals surface area (Å²) in [6.07, 6.45) is 0.0366. The zero-order chi connectivity index (χ0) is 10.8. The van der Waals surface area contributed by atoms with Gasteiger partial charge in [0.25, 0.3) is 6.43 Å². The third-order valence-corrected chi connectivity index (χ3v) is 2.88. The highest BCUT2D eigenvalue weighted by atomic mass is 19.3. The van der Waals surface area contributed by atoms with Crippen LogP contribution in [0.15, 0.2) is 24.3 Å². The van der Waals surface area contributed by atoms with Gasteiger partial charge in [-0.3, -0.25) is 0 Å². The van der Waals surface area contributed by atoms with Crippen molar-refractivity contribution in [3.05, 3.63) is 35.4 Å². The van der Waals surface area contributed by atoms with E-state index in [2.05, 4.69) is 5.32 Å². The molecule has 0 saturated heterocycles. The molecule has 1 aliphatic rings. The van der Waals surface area contributed by atoms with Crippen LogP contribution in [0.3, 0.4) is 0 Å². The molecule has 1 aromatic rings. The van der Waals surface area contributed by atoms with Gasteiger partial charge in [0.15, 0.2) is 0 Å². The van der Waals surface area contributed by atoms with E-state index in [1.54, 1.807) is 13.1 Å². The summed E-state index contributed by atoms with van der Waals surface area (Å²) in [5.74, 6) is 0.611. The molecule has 0 aliphatic heterocycles. The van der Waals surface area contributed by atoms with E-state index in [-0.39, 0.29) is 0 Å². The van der Waals surface area contributed by atoms with Crippen molar-refractivity contribution < 1.29 is 8.78 Å². The fourth-order valence-corrected chi connectivity index (χ4v) is 1.86. The van der Waals surface area contributed by atoms with E-state index in [4.69, 9.17) is 0 Å². The van der Waals surface area contributed by atoms with Crippen molar-refractivity contribution in [2.45, 2.75) is 31.2 Å². The minimum absolute atomic E-state index is 0.611. The molecular weight excluding hydrogens is 196 g/mol. The molecule has 2 rings (SSSR count). The second-order valence-corrected chi connectivity index (χ2v) is 4.05. The minimum atomic E-state index is -2.36. The van der Waals surface area contributed by atoms with Gasteiger partial charge < -0.3 is 5.32 Å². The van der Waals surface area contributed by atoms with Gasteiger partial charge in [-0.2, -0.15) is 0 Å². The first-order chi connectivity index (χ1) is 7.22.